The highest BCUT2D eigenvalue weighted by Gasteiger charge is 2.25. The molecule has 4 nitrogen and oxygen atoms in total. The summed E-state index contributed by atoms with van der Waals surface area (Å²) in [6, 6.07) is 0.323. The molecule has 1 N–H and O–H groups in total. The summed E-state index contributed by atoms with van der Waals surface area (Å²) in [6.45, 7) is 7.27. The molecule has 0 spiro atoms. The van der Waals surface area contributed by atoms with Crippen LogP contribution >= 0.6 is 0 Å². The van der Waals surface area contributed by atoms with Crippen molar-refractivity contribution in [3.63, 3.8) is 0 Å². The number of carbonyl (C=O) groups excluding carboxylic acids is 1. The summed E-state index contributed by atoms with van der Waals surface area (Å²) >= 11 is 0. The fraction of sp³-hybridized carbons (Fsp3) is 0.909. The van der Waals surface area contributed by atoms with Crippen LogP contribution in [-0.4, -0.2) is 43.3 Å². The molecule has 0 aliphatic carbocycles. The van der Waals surface area contributed by atoms with Crippen LogP contribution in [0.3, 0.4) is 0 Å². The average Bonchev–Trinajstić information content (AvgIpc) is 2.73. The van der Waals surface area contributed by atoms with Crippen LogP contribution < -0.4 is 5.32 Å². The number of amides is 1. The van der Waals surface area contributed by atoms with E-state index in [9.17, 15) is 4.79 Å². The molecule has 0 unspecified atom stereocenters. The predicted molar refractivity (Wildman–Crippen MR) is 59.9 cm³/mol. The van der Waals surface area contributed by atoms with E-state index >= 15 is 0 Å². The van der Waals surface area contributed by atoms with Crippen LogP contribution in [0.1, 0.15) is 33.1 Å². The zero-order valence-electron chi connectivity index (χ0n) is 9.79. The van der Waals surface area contributed by atoms with Gasteiger partial charge < -0.3 is 15.0 Å². The van der Waals surface area contributed by atoms with Gasteiger partial charge in [-0.15, -0.1) is 0 Å². The fourth-order valence-corrected chi connectivity index (χ4v) is 1.83. The van der Waals surface area contributed by atoms with Crippen molar-refractivity contribution in [1.82, 2.24) is 10.2 Å². The van der Waals surface area contributed by atoms with E-state index in [4.69, 9.17) is 4.74 Å². The van der Waals surface area contributed by atoms with Gasteiger partial charge in [0.1, 0.15) is 0 Å². The molecule has 15 heavy (non-hydrogen) atoms. The quantitative estimate of drug-likeness (QED) is 0.707. The van der Waals surface area contributed by atoms with E-state index in [1.807, 2.05) is 11.8 Å². The number of carbonyl (C=O) groups is 1. The molecule has 88 valence electrons. The molecular formula is C11H22N2O2. The Balaban J connectivity index is 2.32. The lowest BCUT2D eigenvalue weighted by atomic mass is 10.2. The van der Waals surface area contributed by atoms with Crippen molar-refractivity contribution >= 4 is 6.09 Å². The van der Waals surface area contributed by atoms with E-state index in [1.54, 1.807) is 0 Å². The maximum absolute atomic E-state index is 11.7. The Morgan fingerprint density at radius 3 is 2.87 bits per heavy atom. The number of nitrogens with zero attached hydrogens (tertiary/aromatic N) is 1. The standard InChI is InChI=1S/C11H22N2O2/c1-3-5-8-15-11(14)13(4-2)10-6-7-12-9-10/h10,12H,3-9H2,1-2H3/t10-/m1/s1. The van der Waals surface area contributed by atoms with Gasteiger partial charge in [0.15, 0.2) is 0 Å². The van der Waals surface area contributed by atoms with Crippen LogP contribution in [0.5, 0.6) is 0 Å². The highest BCUT2D eigenvalue weighted by Crippen LogP contribution is 2.09. The molecular weight excluding hydrogens is 192 g/mol. The number of rotatable bonds is 5. The Bertz CT molecular complexity index is 191. The third-order valence-electron chi connectivity index (χ3n) is 2.77. The highest BCUT2D eigenvalue weighted by atomic mass is 16.6. The Kier molecular flexibility index (Phi) is 5.47. The number of hydrogen-bond donors (Lipinski definition) is 1. The first kappa shape index (κ1) is 12.3. The zero-order chi connectivity index (χ0) is 11.1. The van der Waals surface area contributed by atoms with Crippen molar-refractivity contribution in [1.29, 1.82) is 0 Å². The Labute approximate surface area is 92.0 Å². The predicted octanol–water partition coefficient (Wildman–Crippen LogP) is 1.61. The van der Waals surface area contributed by atoms with E-state index in [-0.39, 0.29) is 6.09 Å². The normalized spacial score (nSPS) is 20.3. The van der Waals surface area contributed by atoms with Crippen LogP contribution in [0.25, 0.3) is 0 Å². The minimum Gasteiger partial charge on any atom is -0.449 e. The van der Waals surface area contributed by atoms with Crippen molar-refractivity contribution in [3.8, 4) is 0 Å². The molecule has 0 aromatic rings. The van der Waals surface area contributed by atoms with Gasteiger partial charge in [-0.3, -0.25) is 0 Å². The summed E-state index contributed by atoms with van der Waals surface area (Å²) in [7, 11) is 0. The van der Waals surface area contributed by atoms with Crippen molar-refractivity contribution < 1.29 is 9.53 Å². The van der Waals surface area contributed by atoms with Crippen LogP contribution in [0.4, 0.5) is 4.79 Å². The van der Waals surface area contributed by atoms with Gasteiger partial charge in [0.2, 0.25) is 0 Å². The van der Waals surface area contributed by atoms with E-state index < -0.39 is 0 Å². The first-order valence-electron chi connectivity index (χ1n) is 5.93. The van der Waals surface area contributed by atoms with Gasteiger partial charge in [-0.1, -0.05) is 13.3 Å². The van der Waals surface area contributed by atoms with Gasteiger partial charge in [0.05, 0.1) is 6.61 Å². The fourth-order valence-electron chi connectivity index (χ4n) is 1.83. The van der Waals surface area contributed by atoms with E-state index in [0.717, 1.165) is 38.9 Å². The molecule has 1 fully saturated rings. The summed E-state index contributed by atoms with van der Waals surface area (Å²) in [6.07, 6.45) is 2.90. The molecule has 1 atom stereocenters. The topological polar surface area (TPSA) is 41.6 Å². The largest absolute Gasteiger partial charge is 0.449 e. The van der Waals surface area contributed by atoms with Gasteiger partial charge in [-0.25, -0.2) is 4.79 Å². The Morgan fingerprint density at radius 1 is 1.53 bits per heavy atom. The third-order valence-corrected chi connectivity index (χ3v) is 2.77. The Hall–Kier alpha value is -0.770. The van der Waals surface area contributed by atoms with Crippen molar-refractivity contribution in [2.45, 2.75) is 39.2 Å². The molecule has 0 aromatic heterocycles. The first-order chi connectivity index (χ1) is 7.29. The monoisotopic (exact) mass is 214 g/mol. The third kappa shape index (κ3) is 3.70. The molecule has 1 aliphatic rings. The summed E-state index contributed by atoms with van der Waals surface area (Å²) in [5.74, 6) is 0. The van der Waals surface area contributed by atoms with Gasteiger partial charge in [-0.05, 0) is 26.3 Å². The number of unbranched alkanes of at least 4 members (excludes halogenated alkanes) is 1. The van der Waals surface area contributed by atoms with Gasteiger partial charge in [0.25, 0.3) is 0 Å². The Morgan fingerprint density at radius 2 is 2.33 bits per heavy atom. The lowest BCUT2D eigenvalue weighted by molar-refractivity contribution is 0.0901. The van der Waals surface area contributed by atoms with E-state index in [2.05, 4.69) is 12.2 Å². The lowest BCUT2D eigenvalue weighted by Gasteiger charge is -2.26. The molecule has 0 radical (unpaired) electrons. The molecule has 0 aromatic carbocycles. The molecule has 1 amide bonds. The SMILES string of the molecule is CCCCOC(=O)N(CC)[C@@H]1CCNC1. The van der Waals surface area contributed by atoms with Crippen LogP contribution in [0, 0.1) is 0 Å². The van der Waals surface area contributed by atoms with Crippen molar-refractivity contribution in [3.05, 3.63) is 0 Å². The summed E-state index contributed by atoms with van der Waals surface area (Å²) in [5, 5.41) is 3.26. The highest BCUT2D eigenvalue weighted by molar-refractivity contribution is 5.68. The average molecular weight is 214 g/mol. The molecule has 4 heteroatoms. The van der Waals surface area contributed by atoms with E-state index in [0.29, 0.717) is 12.6 Å². The smallest absolute Gasteiger partial charge is 0.410 e. The van der Waals surface area contributed by atoms with E-state index in [1.165, 1.54) is 0 Å². The molecule has 1 heterocycles. The van der Waals surface area contributed by atoms with Crippen molar-refractivity contribution in [2.24, 2.45) is 0 Å². The summed E-state index contributed by atoms with van der Waals surface area (Å²) < 4.78 is 5.21. The maximum atomic E-state index is 11.7. The van der Waals surface area contributed by atoms with Crippen LogP contribution in [0.2, 0.25) is 0 Å². The van der Waals surface area contributed by atoms with Crippen LogP contribution in [-0.2, 0) is 4.74 Å². The molecule has 0 saturated carbocycles. The molecule has 1 saturated heterocycles. The minimum absolute atomic E-state index is 0.153. The van der Waals surface area contributed by atoms with Gasteiger partial charge in [-0.2, -0.15) is 0 Å². The second kappa shape index (κ2) is 6.67. The van der Waals surface area contributed by atoms with Crippen LogP contribution in [0.15, 0.2) is 0 Å². The maximum Gasteiger partial charge on any atom is 0.410 e. The second-order valence-corrected chi connectivity index (χ2v) is 3.90. The number of likely N-dealkylation sites (N-methyl/N-ethyl adjacent to an activating group) is 1. The summed E-state index contributed by atoms with van der Waals surface area (Å²) in [4.78, 5) is 13.5. The van der Waals surface area contributed by atoms with Gasteiger partial charge in [0, 0.05) is 19.1 Å². The first-order valence-corrected chi connectivity index (χ1v) is 5.93. The molecule has 1 rings (SSSR count). The number of hydrogen-bond acceptors (Lipinski definition) is 3. The zero-order valence-corrected chi connectivity index (χ0v) is 9.79. The molecule has 0 bridgehead atoms. The van der Waals surface area contributed by atoms with Gasteiger partial charge >= 0.3 is 6.09 Å². The number of ether oxygens (including phenoxy) is 1. The summed E-state index contributed by atoms with van der Waals surface area (Å²) in [5.41, 5.74) is 0. The minimum atomic E-state index is -0.153. The number of nitrogens with one attached hydrogen (secondary N) is 1. The second-order valence-electron chi connectivity index (χ2n) is 3.90. The lowest BCUT2D eigenvalue weighted by Crippen LogP contribution is -2.41. The molecule has 1 aliphatic heterocycles. The van der Waals surface area contributed by atoms with Crippen molar-refractivity contribution in [2.75, 3.05) is 26.2 Å².